The molecule has 4 atom stereocenters. The van der Waals surface area contributed by atoms with Gasteiger partial charge in [-0.05, 0) is 62.6 Å². The number of carbonyl (C=O) groups is 1. The van der Waals surface area contributed by atoms with Crippen LogP contribution in [0.3, 0.4) is 0 Å². The van der Waals surface area contributed by atoms with Crippen molar-refractivity contribution in [3.05, 3.63) is 41.5 Å². The Labute approximate surface area is 208 Å². The summed E-state index contributed by atoms with van der Waals surface area (Å²) in [5, 5.41) is 17.9. The van der Waals surface area contributed by atoms with Crippen molar-refractivity contribution in [3.8, 4) is 23.1 Å². The number of carboxylic acid groups (broad SMARTS) is 1. The first-order chi connectivity index (χ1) is 17.4. The Morgan fingerprint density at radius 3 is 2.81 bits per heavy atom. The minimum atomic E-state index is -0.677. The topological polar surface area (TPSA) is 134 Å². The fourth-order valence-electron chi connectivity index (χ4n) is 5.47. The molecule has 36 heavy (non-hydrogen) atoms. The molecule has 0 aromatic carbocycles. The lowest BCUT2D eigenvalue weighted by Gasteiger charge is -2.18. The van der Waals surface area contributed by atoms with Crippen LogP contribution >= 0.6 is 0 Å². The lowest BCUT2D eigenvalue weighted by atomic mass is 9.92. The molecular formula is C25H30N6O5. The van der Waals surface area contributed by atoms with Crippen LogP contribution < -0.4 is 9.47 Å². The zero-order valence-corrected chi connectivity index (χ0v) is 20.6. The third-order valence-electron chi connectivity index (χ3n) is 7.23. The summed E-state index contributed by atoms with van der Waals surface area (Å²) in [6, 6.07) is 5.78. The van der Waals surface area contributed by atoms with Gasteiger partial charge in [0.25, 0.3) is 0 Å². The summed E-state index contributed by atoms with van der Waals surface area (Å²) >= 11 is 0. The molecule has 11 heteroatoms. The lowest BCUT2D eigenvalue weighted by Crippen LogP contribution is -2.21. The minimum absolute atomic E-state index is 0.0165. The predicted octanol–water partition coefficient (Wildman–Crippen LogP) is 2.97. The quantitative estimate of drug-likeness (QED) is 0.473. The van der Waals surface area contributed by atoms with Crippen LogP contribution in [0.25, 0.3) is 11.4 Å². The smallest absolute Gasteiger partial charge is 0.317 e. The maximum atomic E-state index is 11.5. The summed E-state index contributed by atoms with van der Waals surface area (Å²) in [5.74, 6) is 0.436. The number of methoxy groups -OCH3 is 1. The summed E-state index contributed by atoms with van der Waals surface area (Å²) in [4.78, 5) is 24.8. The van der Waals surface area contributed by atoms with Crippen LogP contribution in [0.15, 0.2) is 24.4 Å². The molecule has 0 spiro atoms. The zero-order chi connectivity index (χ0) is 25.2. The van der Waals surface area contributed by atoms with E-state index in [-0.39, 0.29) is 30.6 Å². The average Bonchev–Trinajstić information content (AvgIpc) is 3.53. The SMILES string of the molecule is COCc1ccnc(OCc2c(-c3ccc(O[C@@H]4C[C@@H]5CC[C@H](C(=O)O)[C@@H]5C4)c(C)n3)nnn2C)n1. The van der Waals surface area contributed by atoms with Crippen molar-refractivity contribution in [2.24, 2.45) is 24.8 Å². The number of hydrogen-bond donors (Lipinski definition) is 1. The molecule has 3 aromatic heterocycles. The van der Waals surface area contributed by atoms with Crippen molar-refractivity contribution in [2.75, 3.05) is 7.11 Å². The highest BCUT2D eigenvalue weighted by Crippen LogP contribution is 2.48. The van der Waals surface area contributed by atoms with Gasteiger partial charge in [0, 0.05) is 20.4 Å². The molecule has 0 radical (unpaired) electrons. The molecule has 0 unspecified atom stereocenters. The third kappa shape index (κ3) is 4.88. The number of carboxylic acids is 1. The van der Waals surface area contributed by atoms with Crippen molar-refractivity contribution in [1.82, 2.24) is 29.9 Å². The number of ether oxygens (including phenoxy) is 3. The number of aliphatic carboxylic acids is 1. The normalized spacial score (nSPS) is 23.0. The Morgan fingerprint density at radius 1 is 1.17 bits per heavy atom. The van der Waals surface area contributed by atoms with Crippen LogP contribution in [-0.4, -0.2) is 54.2 Å². The summed E-state index contributed by atoms with van der Waals surface area (Å²) in [6.07, 6.45) is 5.07. The summed E-state index contributed by atoms with van der Waals surface area (Å²) in [7, 11) is 3.40. The van der Waals surface area contributed by atoms with Gasteiger partial charge in [-0.1, -0.05) is 5.21 Å². The Balaban J connectivity index is 1.27. The molecule has 0 saturated heterocycles. The molecule has 2 fully saturated rings. The van der Waals surface area contributed by atoms with E-state index in [1.807, 2.05) is 19.1 Å². The van der Waals surface area contributed by atoms with E-state index in [9.17, 15) is 9.90 Å². The van der Waals surface area contributed by atoms with Crippen molar-refractivity contribution in [1.29, 1.82) is 0 Å². The number of aromatic nitrogens is 6. The van der Waals surface area contributed by atoms with Gasteiger partial charge in [-0.2, -0.15) is 4.98 Å². The van der Waals surface area contributed by atoms with Crippen LogP contribution in [0.5, 0.6) is 11.8 Å². The highest BCUT2D eigenvalue weighted by atomic mass is 16.5. The number of pyridine rings is 1. The summed E-state index contributed by atoms with van der Waals surface area (Å²) in [5.41, 5.74) is 3.48. The van der Waals surface area contributed by atoms with E-state index in [0.717, 1.165) is 42.8 Å². The van der Waals surface area contributed by atoms with Gasteiger partial charge in [-0.25, -0.2) is 14.6 Å². The molecule has 2 aliphatic rings. The van der Waals surface area contributed by atoms with Gasteiger partial charge in [-0.3, -0.25) is 4.79 Å². The Morgan fingerprint density at radius 2 is 2.03 bits per heavy atom. The van der Waals surface area contributed by atoms with Crippen molar-refractivity contribution >= 4 is 5.97 Å². The Kier molecular flexibility index (Phi) is 6.82. The second-order valence-corrected chi connectivity index (χ2v) is 9.50. The highest BCUT2D eigenvalue weighted by molar-refractivity contribution is 5.71. The molecule has 3 aromatic rings. The third-order valence-corrected chi connectivity index (χ3v) is 7.23. The van der Waals surface area contributed by atoms with Gasteiger partial charge in [-0.15, -0.1) is 5.10 Å². The lowest BCUT2D eigenvalue weighted by molar-refractivity contribution is -0.143. The second-order valence-electron chi connectivity index (χ2n) is 9.50. The van der Waals surface area contributed by atoms with Crippen LogP contribution in [0.2, 0.25) is 0 Å². The Hall–Kier alpha value is -3.60. The molecule has 2 saturated carbocycles. The van der Waals surface area contributed by atoms with E-state index >= 15 is 0 Å². The largest absolute Gasteiger partial charge is 0.489 e. The molecule has 0 aliphatic heterocycles. The van der Waals surface area contributed by atoms with Crippen LogP contribution in [0.4, 0.5) is 0 Å². The van der Waals surface area contributed by atoms with E-state index in [1.54, 1.807) is 31.1 Å². The average molecular weight is 495 g/mol. The zero-order valence-electron chi connectivity index (χ0n) is 20.6. The summed E-state index contributed by atoms with van der Waals surface area (Å²) in [6.45, 7) is 2.44. The van der Waals surface area contributed by atoms with Crippen molar-refractivity contribution < 1.29 is 24.1 Å². The number of hydrogen-bond acceptors (Lipinski definition) is 9. The number of nitrogens with zero attached hydrogens (tertiary/aromatic N) is 6. The summed E-state index contributed by atoms with van der Waals surface area (Å²) < 4.78 is 18.9. The molecule has 1 N–H and O–H groups in total. The first-order valence-electron chi connectivity index (χ1n) is 12.1. The standard InChI is InChI=1S/C25H30N6O5/c1-14-22(36-17-10-15-4-5-18(24(32)33)19(15)11-17)7-6-20(27-14)23-21(31(2)30-29-23)13-35-25-26-9-8-16(28-25)12-34-3/h6-9,15,17-19H,4-5,10-13H2,1-3H3,(H,32,33)/t15-,17+,18-,19+/m0/s1. The second kappa shape index (κ2) is 10.2. The van der Waals surface area contributed by atoms with Gasteiger partial charge in [0.05, 0.1) is 35.7 Å². The molecule has 0 bridgehead atoms. The monoisotopic (exact) mass is 494 g/mol. The van der Waals surface area contributed by atoms with E-state index in [0.29, 0.717) is 29.7 Å². The van der Waals surface area contributed by atoms with E-state index in [2.05, 4.69) is 20.3 Å². The number of fused-ring (bicyclic) bond motifs is 1. The van der Waals surface area contributed by atoms with Crippen LogP contribution in [0.1, 0.15) is 42.8 Å². The fraction of sp³-hybridized carbons (Fsp3) is 0.520. The van der Waals surface area contributed by atoms with Crippen LogP contribution in [0, 0.1) is 24.7 Å². The first kappa shape index (κ1) is 24.1. The van der Waals surface area contributed by atoms with Crippen molar-refractivity contribution in [3.63, 3.8) is 0 Å². The van der Waals surface area contributed by atoms with E-state index < -0.39 is 5.97 Å². The fourth-order valence-corrected chi connectivity index (χ4v) is 5.47. The highest BCUT2D eigenvalue weighted by Gasteiger charge is 2.47. The molecule has 11 nitrogen and oxygen atoms in total. The molecule has 5 rings (SSSR count). The molecule has 0 amide bonds. The van der Waals surface area contributed by atoms with Crippen LogP contribution in [-0.2, 0) is 29.8 Å². The Bertz CT molecular complexity index is 1250. The number of aryl methyl sites for hydroxylation is 2. The van der Waals surface area contributed by atoms with Gasteiger partial charge < -0.3 is 19.3 Å². The molecule has 2 aliphatic carbocycles. The molecular weight excluding hydrogens is 464 g/mol. The molecule has 190 valence electrons. The van der Waals surface area contributed by atoms with Gasteiger partial charge in [0.1, 0.15) is 23.7 Å². The van der Waals surface area contributed by atoms with E-state index in [4.69, 9.17) is 19.2 Å². The van der Waals surface area contributed by atoms with Gasteiger partial charge in [0.15, 0.2) is 0 Å². The van der Waals surface area contributed by atoms with Crippen molar-refractivity contribution in [2.45, 2.75) is 51.9 Å². The van der Waals surface area contributed by atoms with E-state index in [1.165, 1.54) is 0 Å². The number of rotatable bonds is 9. The minimum Gasteiger partial charge on any atom is -0.489 e. The van der Waals surface area contributed by atoms with Gasteiger partial charge >= 0.3 is 12.0 Å². The predicted molar refractivity (Wildman–Crippen MR) is 127 cm³/mol. The first-order valence-corrected chi connectivity index (χ1v) is 12.1. The maximum absolute atomic E-state index is 11.5. The maximum Gasteiger partial charge on any atom is 0.317 e. The van der Waals surface area contributed by atoms with Gasteiger partial charge in [0.2, 0.25) is 0 Å². The molecule has 3 heterocycles.